The Morgan fingerprint density at radius 1 is 1.46 bits per heavy atom. The maximum atomic E-state index is 5.77. The second kappa shape index (κ2) is 2.90. The van der Waals surface area contributed by atoms with Crippen molar-refractivity contribution in [3.8, 4) is 5.69 Å². The second-order valence-corrected chi connectivity index (χ2v) is 2.86. The fourth-order valence-electron chi connectivity index (χ4n) is 1.17. The molecule has 2 rings (SSSR count). The molecule has 2 aromatic rings. The van der Waals surface area contributed by atoms with Gasteiger partial charge in [0.1, 0.15) is 0 Å². The summed E-state index contributed by atoms with van der Waals surface area (Å²) in [6, 6.07) is 1.77. The molecule has 4 nitrogen and oxygen atoms in total. The topological polar surface area (TPSA) is 56.7 Å². The standard InChI is InChI=1S/C9H10N4/c1-7-5-13(6-12-7)9-4-11-3-2-8(9)10/h2-6H,1H3,(H2,10,11). The Kier molecular flexibility index (Phi) is 1.73. The number of anilines is 1. The SMILES string of the molecule is Cc1cn(-c2cnccc2N)cn1. The van der Waals surface area contributed by atoms with Gasteiger partial charge < -0.3 is 10.3 Å². The van der Waals surface area contributed by atoms with Crippen LogP contribution in [0.25, 0.3) is 5.69 Å². The van der Waals surface area contributed by atoms with Crippen LogP contribution < -0.4 is 5.73 Å². The van der Waals surface area contributed by atoms with Crippen molar-refractivity contribution in [1.82, 2.24) is 14.5 Å². The van der Waals surface area contributed by atoms with Crippen LogP contribution in [0.4, 0.5) is 5.69 Å². The molecule has 0 saturated carbocycles. The average Bonchev–Trinajstić information content (AvgIpc) is 2.53. The summed E-state index contributed by atoms with van der Waals surface area (Å²) in [5.74, 6) is 0. The van der Waals surface area contributed by atoms with Crippen LogP contribution in [0.5, 0.6) is 0 Å². The molecule has 2 N–H and O–H groups in total. The maximum absolute atomic E-state index is 5.77. The van der Waals surface area contributed by atoms with E-state index in [9.17, 15) is 0 Å². The van der Waals surface area contributed by atoms with Gasteiger partial charge in [0.15, 0.2) is 0 Å². The third kappa shape index (κ3) is 1.38. The van der Waals surface area contributed by atoms with Crippen molar-refractivity contribution in [2.75, 3.05) is 5.73 Å². The summed E-state index contributed by atoms with van der Waals surface area (Å²) in [5.41, 5.74) is 8.30. The number of aryl methyl sites for hydroxylation is 1. The van der Waals surface area contributed by atoms with E-state index in [0.717, 1.165) is 11.4 Å². The van der Waals surface area contributed by atoms with Crippen molar-refractivity contribution < 1.29 is 0 Å². The van der Waals surface area contributed by atoms with E-state index in [1.165, 1.54) is 0 Å². The Balaban J connectivity index is 2.52. The van der Waals surface area contributed by atoms with Crippen LogP contribution in [0.3, 0.4) is 0 Å². The highest BCUT2D eigenvalue weighted by atomic mass is 15.1. The predicted octanol–water partition coefficient (Wildman–Crippen LogP) is 1.16. The lowest BCUT2D eigenvalue weighted by atomic mass is 10.3. The summed E-state index contributed by atoms with van der Waals surface area (Å²) >= 11 is 0. The van der Waals surface area contributed by atoms with Crippen molar-refractivity contribution in [2.24, 2.45) is 0 Å². The van der Waals surface area contributed by atoms with E-state index in [1.807, 2.05) is 17.7 Å². The van der Waals surface area contributed by atoms with Crippen LogP contribution in [-0.4, -0.2) is 14.5 Å². The number of aromatic nitrogens is 3. The van der Waals surface area contributed by atoms with E-state index in [0.29, 0.717) is 5.69 Å². The van der Waals surface area contributed by atoms with Gasteiger partial charge in [-0.3, -0.25) is 4.98 Å². The molecule has 0 bridgehead atoms. The van der Waals surface area contributed by atoms with Crippen LogP contribution in [0.2, 0.25) is 0 Å². The molecule has 0 aliphatic carbocycles. The van der Waals surface area contributed by atoms with Crippen molar-refractivity contribution in [1.29, 1.82) is 0 Å². The van der Waals surface area contributed by atoms with E-state index in [2.05, 4.69) is 9.97 Å². The van der Waals surface area contributed by atoms with Gasteiger partial charge in [-0.2, -0.15) is 0 Å². The molecule has 66 valence electrons. The fourth-order valence-corrected chi connectivity index (χ4v) is 1.17. The quantitative estimate of drug-likeness (QED) is 0.705. The van der Waals surface area contributed by atoms with Gasteiger partial charge in [0.25, 0.3) is 0 Å². The number of imidazole rings is 1. The number of pyridine rings is 1. The fraction of sp³-hybridized carbons (Fsp3) is 0.111. The molecule has 2 aromatic heterocycles. The summed E-state index contributed by atoms with van der Waals surface area (Å²) in [6.45, 7) is 1.93. The molecule has 0 aromatic carbocycles. The van der Waals surface area contributed by atoms with Crippen LogP contribution in [0, 0.1) is 6.92 Å². The minimum absolute atomic E-state index is 0.701. The summed E-state index contributed by atoms with van der Waals surface area (Å²) in [7, 11) is 0. The molecule has 0 aliphatic heterocycles. The normalized spacial score (nSPS) is 10.2. The largest absolute Gasteiger partial charge is 0.397 e. The zero-order valence-electron chi connectivity index (χ0n) is 7.31. The number of nitrogen functional groups attached to an aromatic ring is 1. The molecule has 0 fully saturated rings. The van der Waals surface area contributed by atoms with E-state index < -0.39 is 0 Å². The van der Waals surface area contributed by atoms with E-state index in [4.69, 9.17) is 5.73 Å². The Morgan fingerprint density at radius 2 is 2.31 bits per heavy atom. The highest BCUT2D eigenvalue weighted by Crippen LogP contribution is 2.14. The van der Waals surface area contributed by atoms with Gasteiger partial charge in [-0.25, -0.2) is 4.98 Å². The molecule has 0 amide bonds. The van der Waals surface area contributed by atoms with Crippen LogP contribution in [0.1, 0.15) is 5.69 Å². The molecule has 0 radical (unpaired) electrons. The first-order valence-electron chi connectivity index (χ1n) is 3.98. The molecular weight excluding hydrogens is 164 g/mol. The van der Waals surface area contributed by atoms with Crippen molar-refractivity contribution in [2.45, 2.75) is 6.92 Å². The first-order valence-corrected chi connectivity index (χ1v) is 3.98. The smallest absolute Gasteiger partial charge is 0.0996 e. The van der Waals surface area contributed by atoms with Gasteiger partial charge in [0.2, 0.25) is 0 Å². The van der Waals surface area contributed by atoms with Gasteiger partial charge in [-0.05, 0) is 13.0 Å². The molecular formula is C9H10N4. The Morgan fingerprint density at radius 3 is 2.92 bits per heavy atom. The Hall–Kier alpha value is -1.84. The summed E-state index contributed by atoms with van der Waals surface area (Å²) in [6.07, 6.45) is 7.02. The number of rotatable bonds is 1. The maximum Gasteiger partial charge on any atom is 0.0996 e. The lowest BCUT2D eigenvalue weighted by Crippen LogP contribution is -1.97. The molecule has 0 spiro atoms. The van der Waals surface area contributed by atoms with E-state index in [1.54, 1.807) is 24.8 Å². The number of hydrogen-bond donors (Lipinski definition) is 1. The van der Waals surface area contributed by atoms with Crippen LogP contribution in [-0.2, 0) is 0 Å². The Bertz CT molecular complexity index is 419. The highest BCUT2D eigenvalue weighted by Gasteiger charge is 2.00. The predicted molar refractivity (Wildman–Crippen MR) is 50.5 cm³/mol. The summed E-state index contributed by atoms with van der Waals surface area (Å²) in [4.78, 5) is 8.12. The van der Waals surface area contributed by atoms with Gasteiger partial charge in [-0.15, -0.1) is 0 Å². The Labute approximate surface area is 76.1 Å². The first kappa shape index (κ1) is 7.79. The minimum atomic E-state index is 0.701. The number of nitrogens with zero attached hydrogens (tertiary/aromatic N) is 3. The monoisotopic (exact) mass is 174 g/mol. The highest BCUT2D eigenvalue weighted by molar-refractivity contribution is 5.55. The van der Waals surface area contributed by atoms with Crippen molar-refractivity contribution in [3.63, 3.8) is 0 Å². The second-order valence-electron chi connectivity index (χ2n) is 2.86. The van der Waals surface area contributed by atoms with Crippen molar-refractivity contribution in [3.05, 3.63) is 36.7 Å². The molecule has 0 saturated heterocycles. The third-order valence-electron chi connectivity index (χ3n) is 1.82. The van der Waals surface area contributed by atoms with Gasteiger partial charge in [0.05, 0.1) is 29.6 Å². The van der Waals surface area contributed by atoms with E-state index >= 15 is 0 Å². The zero-order chi connectivity index (χ0) is 9.26. The summed E-state index contributed by atoms with van der Waals surface area (Å²) < 4.78 is 1.86. The number of hydrogen-bond acceptors (Lipinski definition) is 3. The lowest BCUT2D eigenvalue weighted by Gasteiger charge is -2.03. The number of nitrogens with two attached hydrogens (primary N) is 1. The molecule has 0 aliphatic rings. The molecule has 2 heterocycles. The lowest BCUT2D eigenvalue weighted by molar-refractivity contribution is 1.04. The zero-order valence-corrected chi connectivity index (χ0v) is 7.31. The first-order chi connectivity index (χ1) is 6.27. The average molecular weight is 174 g/mol. The third-order valence-corrected chi connectivity index (χ3v) is 1.82. The van der Waals surface area contributed by atoms with Gasteiger partial charge in [-0.1, -0.05) is 0 Å². The van der Waals surface area contributed by atoms with Gasteiger partial charge in [0, 0.05) is 12.4 Å². The summed E-state index contributed by atoms with van der Waals surface area (Å²) in [5, 5.41) is 0. The van der Waals surface area contributed by atoms with Crippen molar-refractivity contribution >= 4 is 5.69 Å². The van der Waals surface area contributed by atoms with Crippen LogP contribution >= 0.6 is 0 Å². The molecule has 13 heavy (non-hydrogen) atoms. The molecule has 0 atom stereocenters. The van der Waals surface area contributed by atoms with Gasteiger partial charge >= 0.3 is 0 Å². The van der Waals surface area contributed by atoms with Crippen LogP contribution in [0.15, 0.2) is 31.0 Å². The van der Waals surface area contributed by atoms with E-state index in [-0.39, 0.29) is 0 Å². The minimum Gasteiger partial charge on any atom is -0.397 e. The molecule has 4 heteroatoms. The molecule has 0 unspecified atom stereocenters.